The van der Waals surface area contributed by atoms with Crippen LogP contribution in [0.5, 0.6) is 0 Å². The van der Waals surface area contributed by atoms with Crippen LogP contribution in [0.1, 0.15) is 25.8 Å². The zero-order valence-corrected chi connectivity index (χ0v) is 10.8. The van der Waals surface area contributed by atoms with Crippen LogP contribution in [-0.4, -0.2) is 26.0 Å². The number of fused-ring (bicyclic) bond motifs is 1. The highest BCUT2D eigenvalue weighted by Crippen LogP contribution is 2.20. The lowest BCUT2D eigenvalue weighted by atomic mass is 10.0. The van der Waals surface area contributed by atoms with Gasteiger partial charge in [-0.25, -0.2) is 4.98 Å². The van der Waals surface area contributed by atoms with E-state index in [0.29, 0.717) is 0 Å². The molecule has 0 bridgehead atoms. The number of nitrogens with two attached hydrogens (primary N) is 1. The maximum atomic E-state index is 11.0. The van der Waals surface area contributed by atoms with Gasteiger partial charge in [-0.05, 0) is 38.5 Å². The molecule has 0 saturated carbocycles. The molecule has 2 aromatic heterocycles. The normalized spacial score (nSPS) is 11.7. The SMILES string of the molecule is Cc1cc(NC(C)(C)CC(N)=O)n2ncnc2c1. The first-order valence-corrected chi connectivity index (χ1v) is 5.74. The molecule has 0 atom stereocenters. The molecule has 0 aliphatic rings. The van der Waals surface area contributed by atoms with Crippen LogP contribution in [0, 0.1) is 6.92 Å². The van der Waals surface area contributed by atoms with Crippen LogP contribution in [-0.2, 0) is 4.79 Å². The molecule has 6 heteroatoms. The van der Waals surface area contributed by atoms with E-state index in [0.717, 1.165) is 17.0 Å². The van der Waals surface area contributed by atoms with E-state index in [9.17, 15) is 4.79 Å². The van der Waals surface area contributed by atoms with E-state index in [1.807, 2.05) is 32.9 Å². The number of amides is 1. The van der Waals surface area contributed by atoms with Gasteiger partial charge in [-0.3, -0.25) is 4.79 Å². The third-order valence-corrected chi connectivity index (χ3v) is 2.61. The number of hydrogen-bond acceptors (Lipinski definition) is 4. The molecule has 0 spiro atoms. The zero-order valence-electron chi connectivity index (χ0n) is 10.8. The third-order valence-electron chi connectivity index (χ3n) is 2.61. The first-order valence-electron chi connectivity index (χ1n) is 5.74. The summed E-state index contributed by atoms with van der Waals surface area (Å²) in [5, 5.41) is 7.43. The van der Waals surface area contributed by atoms with Crippen molar-refractivity contribution in [2.75, 3.05) is 5.32 Å². The van der Waals surface area contributed by atoms with E-state index in [2.05, 4.69) is 15.4 Å². The summed E-state index contributed by atoms with van der Waals surface area (Å²) in [7, 11) is 0. The molecule has 18 heavy (non-hydrogen) atoms. The summed E-state index contributed by atoms with van der Waals surface area (Å²) >= 11 is 0. The van der Waals surface area contributed by atoms with E-state index in [-0.39, 0.29) is 12.3 Å². The lowest BCUT2D eigenvalue weighted by Crippen LogP contribution is -2.36. The van der Waals surface area contributed by atoms with Crippen molar-refractivity contribution in [3.05, 3.63) is 24.0 Å². The fourth-order valence-corrected chi connectivity index (χ4v) is 1.97. The molecular formula is C12H17N5O. The molecule has 0 fully saturated rings. The molecule has 0 radical (unpaired) electrons. The second-order valence-corrected chi connectivity index (χ2v) is 5.10. The van der Waals surface area contributed by atoms with Crippen molar-refractivity contribution < 1.29 is 4.79 Å². The molecule has 0 saturated heterocycles. The molecule has 0 aliphatic heterocycles. The average molecular weight is 247 g/mol. The maximum absolute atomic E-state index is 11.0. The van der Waals surface area contributed by atoms with Crippen molar-refractivity contribution in [2.45, 2.75) is 32.7 Å². The van der Waals surface area contributed by atoms with Gasteiger partial charge in [-0.15, -0.1) is 0 Å². The Kier molecular flexibility index (Phi) is 2.94. The first-order chi connectivity index (χ1) is 8.37. The van der Waals surface area contributed by atoms with Crippen molar-refractivity contribution in [3.63, 3.8) is 0 Å². The van der Waals surface area contributed by atoms with Crippen LogP contribution >= 0.6 is 0 Å². The standard InChI is InChI=1S/C12H17N5O/c1-8-4-10-14-7-15-17(10)11(5-8)16-12(2,3)6-9(13)18/h4-5,7,16H,6H2,1-3H3,(H2,13,18). The molecule has 96 valence electrons. The van der Waals surface area contributed by atoms with Crippen molar-refractivity contribution in [2.24, 2.45) is 5.73 Å². The van der Waals surface area contributed by atoms with Crippen molar-refractivity contribution in [1.82, 2.24) is 14.6 Å². The molecule has 2 rings (SSSR count). The van der Waals surface area contributed by atoms with Gasteiger partial charge in [-0.1, -0.05) is 0 Å². The smallest absolute Gasteiger partial charge is 0.219 e. The van der Waals surface area contributed by atoms with E-state index >= 15 is 0 Å². The minimum absolute atomic E-state index is 0.247. The molecule has 6 nitrogen and oxygen atoms in total. The largest absolute Gasteiger partial charge is 0.370 e. The second kappa shape index (κ2) is 4.29. The molecule has 2 aromatic rings. The number of rotatable bonds is 4. The topological polar surface area (TPSA) is 85.3 Å². The number of carbonyl (C=O) groups excluding carboxylic acids is 1. The Morgan fingerprint density at radius 1 is 1.50 bits per heavy atom. The van der Waals surface area contributed by atoms with Crippen LogP contribution in [0.3, 0.4) is 0 Å². The van der Waals surface area contributed by atoms with Gasteiger partial charge >= 0.3 is 0 Å². The van der Waals surface area contributed by atoms with E-state index in [4.69, 9.17) is 5.73 Å². The molecular weight excluding hydrogens is 230 g/mol. The van der Waals surface area contributed by atoms with Gasteiger partial charge in [0.05, 0.1) is 0 Å². The summed E-state index contributed by atoms with van der Waals surface area (Å²) in [5.41, 5.74) is 6.66. The number of pyridine rings is 1. The highest BCUT2D eigenvalue weighted by atomic mass is 16.1. The zero-order chi connectivity index (χ0) is 13.3. The number of carbonyl (C=O) groups is 1. The van der Waals surface area contributed by atoms with Gasteiger partial charge in [0.15, 0.2) is 5.65 Å². The molecule has 1 amide bonds. The predicted molar refractivity (Wildman–Crippen MR) is 69.2 cm³/mol. The molecule has 0 aromatic carbocycles. The van der Waals surface area contributed by atoms with E-state index in [1.165, 1.54) is 6.33 Å². The quantitative estimate of drug-likeness (QED) is 0.847. The van der Waals surface area contributed by atoms with Gasteiger partial charge in [0.1, 0.15) is 12.1 Å². The predicted octanol–water partition coefficient (Wildman–Crippen LogP) is 1.10. The molecule has 0 aliphatic carbocycles. The van der Waals surface area contributed by atoms with Gasteiger partial charge < -0.3 is 11.1 Å². The Morgan fingerprint density at radius 2 is 2.22 bits per heavy atom. The minimum atomic E-state index is -0.432. The van der Waals surface area contributed by atoms with E-state index in [1.54, 1.807) is 4.52 Å². The lowest BCUT2D eigenvalue weighted by molar-refractivity contribution is -0.118. The number of hydrogen-bond donors (Lipinski definition) is 2. The fraction of sp³-hybridized carbons (Fsp3) is 0.417. The van der Waals surface area contributed by atoms with Crippen LogP contribution in [0.4, 0.5) is 5.82 Å². The fourth-order valence-electron chi connectivity index (χ4n) is 1.97. The molecule has 3 N–H and O–H groups in total. The summed E-state index contributed by atoms with van der Waals surface area (Å²) in [6, 6.07) is 3.91. The number of primary amides is 1. The highest BCUT2D eigenvalue weighted by Gasteiger charge is 2.21. The van der Waals surface area contributed by atoms with Crippen molar-refractivity contribution in [3.8, 4) is 0 Å². The number of aryl methyl sites for hydroxylation is 1. The summed E-state index contributed by atoms with van der Waals surface area (Å²) in [4.78, 5) is 15.2. The van der Waals surface area contributed by atoms with Gasteiger partial charge in [0, 0.05) is 12.0 Å². The van der Waals surface area contributed by atoms with Crippen LogP contribution in [0.2, 0.25) is 0 Å². The minimum Gasteiger partial charge on any atom is -0.370 e. The lowest BCUT2D eigenvalue weighted by Gasteiger charge is -2.26. The van der Waals surface area contributed by atoms with Crippen molar-refractivity contribution >= 4 is 17.4 Å². The Labute approximate surface area is 105 Å². The van der Waals surface area contributed by atoms with Gasteiger partial charge in [0.2, 0.25) is 5.91 Å². The average Bonchev–Trinajstić information content (AvgIpc) is 2.61. The van der Waals surface area contributed by atoms with Crippen LogP contribution in [0.15, 0.2) is 18.5 Å². The first kappa shape index (κ1) is 12.3. The Morgan fingerprint density at radius 3 is 2.89 bits per heavy atom. The monoisotopic (exact) mass is 247 g/mol. The number of anilines is 1. The maximum Gasteiger partial charge on any atom is 0.219 e. The van der Waals surface area contributed by atoms with Gasteiger partial charge in [-0.2, -0.15) is 9.61 Å². The summed E-state index contributed by atoms with van der Waals surface area (Å²) in [6.07, 6.45) is 1.75. The highest BCUT2D eigenvalue weighted by molar-refractivity contribution is 5.75. The Bertz CT molecular complexity index is 587. The second-order valence-electron chi connectivity index (χ2n) is 5.10. The number of nitrogens with one attached hydrogen (secondary N) is 1. The van der Waals surface area contributed by atoms with Crippen LogP contribution in [0.25, 0.3) is 5.65 Å². The summed E-state index contributed by atoms with van der Waals surface area (Å²) in [6.45, 7) is 5.83. The number of aromatic nitrogens is 3. The van der Waals surface area contributed by atoms with Crippen LogP contribution < -0.4 is 11.1 Å². The Hall–Kier alpha value is -2.11. The van der Waals surface area contributed by atoms with Gasteiger partial charge in [0.25, 0.3) is 0 Å². The third kappa shape index (κ3) is 2.58. The molecule has 0 unspecified atom stereocenters. The summed E-state index contributed by atoms with van der Waals surface area (Å²) in [5.74, 6) is 0.462. The Balaban J connectivity index is 2.36. The molecule has 2 heterocycles. The number of nitrogens with zero attached hydrogens (tertiary/aromatic N) is 3. The van der Waals surface area contributed by atoms with Crippen molar-refractivity contribution in [1.29, 1.82) is 0 Å². The summed E-state index contributed by atoms with van der Waals surface area (Å²) < 4.78 is 1.70. The van der Waals surface area contributed by atoms with E-state index < -0.39 is 5.54 Å².